The Hall–Kier alpha value is -3.41. The van der Waals surface area contributed by atoms with Crippen molar-refractivity contribution in [3.8, 4) is 0 Å². The maximum absolute atomic E-state index is 12.4. The quantitative estimate of drug-likeness (QED) is 0.455. The Kier molecular flexibility index (Phi) is 6.44. The molecule has 0 saturated heterocycles. The number of methoxy groups -OCH3 is 1. The average Bonchev–Trinajstić information content (AvgIpc) is 3.14. The van der Waals surface area contributed by atoms with E-state index in [2.05, 4.69) is 10.3 Å². The number of aryl methyl sites for hydroxylation is 1. The first-order valence-electron chi connectivity index (χ1n) is 9.50. The van der Waals surface area contributed by atoms with E-state index in [1.165, 1.54) is 7.11 Å². The number of carbonyl (C=O) groups is 3. The Morgan fingerprint density at radius 3 is 2.48 bits per heavy atom. The van der Waals surface area contributed by atoms with Crippen molar-refractivity contribution in [3.05, 3.63) is 71.4 Å². The van der Waals surface area contributed by atoms with Crippen molar-refractivity contribution in [2.75, 3.05) is 7.11 Å². The van der Waals surface area contributed by atoms with Gasteiger partial charge in [-0.1, -0.05) is 48.0 Å². The number of aromatic amines is 1. The number of ether oxygens (including phenoxy) is 1. The molecule has 0 fully saturated rings. The lowest BCUT2D eigenvalue weighted by molar-refractivity contribution is -0.145. The minimum Gasteiger partial charge on any atom is -0.467 e. The van der Waals surface area contributed by atoms with E-state index in [0.717, 1.165) is 22.0 Å². The topological polar surface area (TPSA) is 88.3 Å². The van der Waals surface area contributed by atoms with E-state index in [4.69, 9.17) is 4.74 Å². The maximum Gasteiger partial charge on any atom is 0.328 e. The highest BCUT2D eigenvalue weighted by molar-refractivity contribution is 5.98. The third kappa shape index (κ3) is 5.10. The molecule has 0 aliphatic carbocycles. The summed E-state index contributed by atoms with van der Waals surface area (Å²) in [4.78, 5) is 40.0. The van der Waals surface area contributed by atoms with Crippen LogP contribution in [0.15, 0.2) is 54.7 Å². The second-order valence-corrected chi connectivity index (χ2v) is 7.00. The number of nitrogens with one attached hydrogen (secondary N) is 2. The third-order valence-corrected chi connectivity index (χ3v) is 4.87. The molecule has 1 aromatic heterocycles. The van der Waals surface area contributed by atoms with E-state index >= 15 is 0 Å². The van der Waals surface area contributed by atoms with Crippen molar-refractivity contribution < 1.29 is 19.1 Å². The molecular weight excluding hydrogens is 368 g/mol. The third-order valence-electron chi connectivity index (χ3n) is 4.87. The normalized spacial score (nSPS) is 11.8. The number of benzene rings is 2. The SMILES string of the molecule is COC(=O)[C@@H](Cc1c[nH]c2ccccc12)NC(=O)CCC(=O)c1ccc(C)cc1. The first kappa shape index (κ1) is 20.3. The van der Waals surface area contributed by atoms with Gasteiger partial charge in [0.05, 0.1) is 7.11 Å². The van der Waals surface area contributed by atoms with Crippen molar-refractivity contribution in [2.24, 2.45) is 0 Å². The molecule has 6 heteroatoms. The molecule has 1 amide bonds. The summed E-state index contributed by atoms with van der Waals surface area (Å²) < 4.78 is 4.85. The summed E-state index contributed by atoms with van der Waals surface area (Å²) in [6.07, 6.45) is 2.21. The molecule has 0 spiro atoms. The largest absolute Gasteiger partial charge is 0.467 e. The van der Waals surface area contributed by atoms with Crippen LogP contribution in [0.2, 0.25) is 0 Å². The molecule has 0 bridgehead atoms. The molecule has 2 N–H and O–H groups in total. The van der Waals surface area contributed by atoms with Gasteiger partial charge in [-0.3, -0.25) is 9.59 Å². The molecule has 3 rings (SSSR count). The minimum absolute atomic E-state index is 0.00802. The van der Waals surface area contributed by atoms with Crippen molar-refractivity contribution >= 4 is 28.6 Å². The second kappa shape index (κ2) is 9.19. The number of Topliss-reactive ketones (excluding diaryl/α,β-unsaturated/α-hetero) is 1. The monoisotopic (exact) mass is 392 g/mol. The van der Waals surface area contributed by atoms with Gasteiger partial charge in [-0.2, -0.15) is 0 Å². The number of hydrogen-bond donors (Lipinski definition) is 2. The first-order valence-corrected chi connectivity index (χ1v) is 9.50. The van der Waals surface area contributed by atoms with Crippen LogP contribution in [0.3, 0.4) is 0 Å². The summed E-state index contributed by atoms with van der Waals surface area (Å²) >= 11 is 0. The van der Waals surface area contributed by atoms with Crippen LogP contribution in [-0.2, 0) is 20.7 Å². The molecule has 1 heterocycles. The van der Waals surface area contributed by atoms with Crippen LogP contribution in [0.4, 0.5) is 0 Å². The van der Waals surface area contributed by atoms with Crippen LogP contribution in [0.5, 0.6) is 0 Å². The van der Waals surface area contributed by atoms with Crippen LogP contribution in [0.25, 0.3) is 10.9 Å². The van der Waals surface area contributed by atoms with Crippen molar-refractivity contribution in [1.82, 2.24) is 10.3 Å². The van der Waals surface area contributed by atoms with E-state index in [9.17, 15) is 14.4 Å². The lowest BCUT2D eigenvalue weighted by Gasteiger charge is -2.16. The fourth-order valence-electron chi connectivity index (χ4n) is 3.23. The van der Waals surface area contributed by atoms with Crippen LogP contribution < -0.4 is 5.32 Å². The predicted molar refractivity (Wildman–Crippen MR) is 111 cm³/mol. The van der Waals surface area contributed by atoms with E-state index in [1.807, 2.05) is 49.5 Å². The number of hydrogen-bond acceptors (Lipinski definition) is 4. The van der Waals surface area contributed by atoms with Gasteiger partial charge in [-0.15, -0.1) is 0 Å². The van der Waals surface area contributed by atoms with Gasteiger partial charge in [0.1, 0.15) is 6.04 Å². The molecule has 1 atom stereocenters. The van der Waals surface area contributed by atoms with Crippen molar-refractivity contribution in [1.29, 1.82) is 0 Å². The van der Waals surface area contributed by atoms with Gasteiger partial charge < -0.3 is 15.0 Å². The summed E-state index contributed by atoms with van der Waals surface area (Å²) in [5, 5.41) is 3.70. The molecule has 3 aromatic rings. The zero-order chi connectivity index (χ0) is 20.8. The van der Waals surface area contributed by atoms with Crippen LogP contribution in [0, 0.1) is 6.92 Å². The Labute approximate surface area is 169 Å². The molecular formula is C23H24N2O4. The Morgan fingerprint density at radius 2 is 1.76 bits per heavy atom. The number of ketones is 1. The number of esters is 1. The number of carbonyl (C=O) groups excluding carboxylic acids is 3. The number of aromatic nitrogens is 1. The minimum atomic E-state index is -0.818. The van der Waals surface area contributed by atoms with Gasteiger partial charge in [-0.25, -0.2) is 4.79 Å². The molecule has 0 saturated carbocycles. The number of para-hydroxylation sites is 1. The standard InChI is InChI=1S/C23H24N2O4/c1-15-7-9-16(10-8-15)21(26)11-12-22(27)25-20(23(28)29-2)13-17-14-24-19-6-4-3-5-18(17)19/h3-10,14,20,24H,11-13H2,1-2H3,(H,25,27)/t20-/m1/s1. The van der Waals surface area contributed by atoms with E-state index in [1.54, 1.807) is 12.1 Å². The maximum atomic E-state index is 12.4. The van der Waals surface area contributed by atoms with Crippen LogP contribution in [-0.4, -0.2) is 35.8 Å². The number of amides is 1. The summed E-state index contributed by atoms with van der Waals surface area (Å²) in [5.74, 6) is -0.986. The summed E-state index contributed by atoms with van der Waals surface area (Å²) in [5.41, 5.74) is 3.51. The smallest absolute Gasteiger partial charge is 0.328 e. The van der Waals surface area contributed by atoms with Gasteiger partial charge in [0.2, 0.25) is 5.91 Å². The van der Waals surface area contributed by atoms with Crippen LogP contribution >= 0.6 is 0 Å². The number of rotatable bonds is 8. The lowest BCUT2D eigenvalue weighted by atomic mass is 10.0. The number of H-pyrrole nitrogens is 1. The fraction of sp³-hybridized carbons (Fsp3) is 0.261. The summed E-state index contributed by atoms with van der Waals surface area (Å²) in [6, 6.07) is 14.2. The van der Waals surface area contributed by atoms with Crippen LogP contribution in [0.1, 0.15) is 34.3 Å². The summed E-state index contributed by atoms with van der Waals surface area (Å²) in [6.45, 7) is 1.95. The van der Waals surface area contributed by atoms with E-state index in [-0.39, 0.29) is 24.5 Å². The molecule has 150 valence electrons. The highest BCUT2D eigenvalue weighted by atomic mass is 16.5. The number of fused-ring (bicyclic) bond motifs is 1. The Balaban J connectivity index is 1.62. The first-order chi connectivity index (χ1) is 14.0. The molecule has 0 aliphatic heterocycles. The van der Waals surface area contributed by atoms with Gasteiger partial charge in [-0.05, 0) is 18.6 Å². The van der Waals surface area contributed by atoms with Gasteiger partial charge in [0.25, 0.3) is 0 Å². The molecule has 0 unspecified atom stereocenters. The van der Waals surface area contributed by atoms with E-state index in [0.29, 0.717) is 12.0 Å². The van der Waals surface area contributed by atoms with Gasteiger partial charge in [0, 0.05) is 41.9 Å². The molecule has 6 nitrogen and oxygen atoms in total. The molecule has 2 aromatic carbocycles. The van der Waals surface area contributed by atoms with Gasteiger partial charge >= 0.3 is 5.97 Å². The second-order valence-electron chi connectivity index (χ2n) is 7.00. The average molecular weight is 392 g/mol. The Bertz CT molecular complexity index is 1020. The fourth-order valence-corrected chi connectivity index (χ4v) is 3.23. The summed E-state index contributed by atoms with van der Waals surface area (Å²) in [7, 11) is 1.29. The molecule has 29 heavy (non-hydrogen) atoms. The molecule has 0 aliphatic rings. The highest BCUT2D eigenvalue weighted by Crippen LogP contribution is 2.19. The zero-order valence-corrected chi connectivity index (χ0v) is 16.5. The molecule has 0 radical (unpaired) electrons. The zero-order valence-electron chi connectivity index (χ0n) is 16.5. The lowest BCUT2D eigenvalue weighted by Crippen LogP contribution is -2.43. The van der Waals surface area contributed by atoms with Crippen molar-refractivity contribution in [3.63, 3.8) is 0 Å². The van der Waals surface area contributed by atoms with E-state index < -0.39 is 12.0 Å². The predicted octanol–water partition coefficient (Wildman–Crippen LogP) is 3.34. The van der Waals surface area contributed by atoms with Crippen molar-refractivity contribution in [2.45, 2.75) is 32.2 Å². The Morgan fingerprint density at radius 1 is 1.03 bits per heavy atom. The highest BCUT2D eigenvalue weighted by Gasteiger charge is 2.23. The van der Waals surface area contributed by atoms with Gasteiger partial charge in [0.15, 0.2) is 5.78 Å².